The fourth-order valence-electron chi connectivity index (χ4n) is 2.52. The fourth-order valence-corrected chi connectivity index (χ4v) is 4.52. The van der Waals surface area contributed by atoms with Crippen molar-refractivity contribution in [1.29, 1.82) is 0 Å². The Hall–Kier alpha value is -1.70. The minimum Gasteiger partial charge on any atom is -0.349 e. The molecule has 23 heavy (non-hydrogen) atoms. The summed E-state index contributed by atoms with van der Waals surface area (Å²) in [6.07, 6.45) is 5.67. The Labute approximate surface area is 143 Å². The molecule has 0 saturated heterocycles. The first-order chi connectivity index (χ1) is 11.0. The zero-order chi connectivity index (χ0) is 16.4. The van der Waals surface area contributed by atoms with E-state index >= 15 is 0 Å². The van der Waals surface area contributed by atoms with Gasteiger partial charge in [0.05, 0.1) is 5.52 Å². The summed E-state index contributed by atoms with van der Waals surface area (Å²) in [6.45, 7) is 0.328. The third-order valence-corrected chi connectivity index (χ3v) is 5.78. The third-order valence-electron chi connectivity index (χ3n) is 3.65. The number of sulfonamides is 1. The van der Waals surface area contributed by atoms with Gasteiger partial charge in [-0.1, -0.05) is 28.1 Å². The molecule has 0 spiro atoms. The first kappa shape index (κ1) is 16.2. The number of hydrogen-bond acceptors (Lipinski definition) is 3. The average Bonchev–Trinajstić information content (AvgIpc) is 2.88. The summed E-state index contributed by atoms with van der Waals surface area (Å²) in [7, 11) is -1.74. The Morgan fingerprint density at radius 1 is 1.26 bits per heavy atom. The van der Waals surface area contributed by atoms with Crippen molar-refractivity contribution in [3.8, 4) is 0 Å². The van der Waals surface area contributed by atoms with E-state index in [0.29, 0.717) is 18.4 Å². The monoisotopic (exact) mass is 393 g/mol. The molecule has 2 aromatic heterocycles. The van der Waals surface area contributed by atoms with Gasteiger partial charge in [0.15, 0.2) is 0 Å². The lowest BCUT2D eigenvalue weighted by Gasteiger charge is -2.06. The molecule has 0 amide bonds. The smallest absolute Gasteiger partial charge is 0.242 e. The second-order valence-electron chi connectivity index (χ2n) is 5.25. The van der Waals surface area contributed by atoms with Crippen LogP contribution in [-0.4, -0.2) is 24.5 Å². The van der Waals surface area contributed by atoms with Crippen LogP contribution in [0.5, 0.6) is 0 Å². The zero-order valence-electron chi connectivity index (χ0n) is 12.5. The summed E-state index contributed by atoms with van der Waals surface area (Å²) < 4.78 is 30.5. The number of hydrogen-bond donors (Lipinski definition) is 1. The molecule has 2 heterocycles. The Morgan fingerprint density at radius 2 is 2.09 bits per heavy atom. The number of aryl methyl sites for hydroxylation is 1. The highest BCUT2D eigenvalue weighted by atomic mass is 79.9. The van der Waals surface area contributed by atoms with Gasteiger partial charge in [0.25, 0.3) is 0 Å². The molecule has 0 unspecified atom stereocenters. The van der Waals surface area contributed by atoms with Crippen LogP contribution in [0.25, 0.3) is 10.9 Å². The van der Waals surface area contributed by atoms with Crippen LogP contribution in [0.1, 0.15) is 5.56 Å². The lowest BCUT2D eigenvalue weighted by atomic mass is 10.2. The number of rotatable bonds is 5. The highest BCUT2D eigenvalue weighted by molar-refractivity contribution is 9.10. The topological polar surface area (TPSA) is 64.0 Å². The number of nitrogens with zero attached hydrogens (tertiary/aromatic N) is 2. The van der Waals surface area contributed by atoms with E-state index in [4.69, 9.17) is 0 Å². The Balaban J connectivity index is 1.86. The summed E-state index contributed by atoms with van der Waals surface area (Å²) in [5, 5.41) is 0.698. The molecule has 0 aliphatic carbocycles. The molecule has 0 aliphatic rings. The quantitative estimate of drug-likeness (QED) is 0.724. The fraction of sp³-hybridized carbons (Fsp3) is 0.188. The zero-order valence-corrected chi connectivity index (χ0v) is 14.9. The largest absolute Gasteiger partial charge is 0.349 e. The van der Waals surface area contributed by atoms with E-state index in [-0.39, 0.29) is 4.90 Å². The molecule has 0 bridgehead atoms. The van der Waals surface area contributed by atoms with Crippen molar-refractivity contribution in [2.75, 3.05) is 6.54 Å². The van der Waals surface area contributed by atoms with Gasteiger partial charge in [-0.05, 0) is 30.2 Å². The molecule has 1 N–H and O–H groups in total. The Bertz CT molecular complexity index is 937. The first-order valence-electron chi connectivity index (χ1n) is 7.11. The van der Waals surface area contributed by atoms with Crippen LogP contribution >= 0.6 is 15.9 Å². The molecule has 3 aromatic rings. The summed E-state index contributed by atoms with van der Waals surface area (Å²) in [6, 6.07) is 9.39. The minimum absolute atomic E-state index is 0.286. The molecule has 0 aliphatic heterocycles. The normalized spacial score (nSPS) is 11.9. The SMILES string of the molecule is Cn1cc(S(=O)(=O)NCCc2cccnc2)c2c(Br)cccc21. The van der Waals surface area contributed by atoms with Crippen LogP contribution in [0.3, 0.4) is 0 Å². The van der Waals surface area contributed by atoms with Gasteiger partial charge in [-0.15, -0.1) is 0 Å². The number of halogens is 1. The lowest BCUT2D eigenvalue weighted by molar-refractivity contribution is 0.582. The molecule has 1 aromatic carbocycles. The van der Waals surface area contributed by atoms with Gasteiger partial charge in [-0.3, -0.25) is 4.98 Å². The van der Waals surface area contributed by atoms with Crippen LogP contribution < -0.4 is 4.72 Å². The molecule has 5 nitrogen and oxygen atoms in total. The Morgan fingerprint density at radius 3 is 2.83 bits per heavy atom. The molecule has 120 valence electrons. The molecule has 0 atom stereocenters. The van der Waals surface area contributed by atoms with Crippen molar-refractivity contribution in [3.63, 3.8) is 0 Å². The van der Waals surface area contributed by atoms with Gasteiger partial charge in [-0.25, -0.2) is 13.1 Å². The van der Waals surface area contributed by atoms with Gasteiger partial charge in [-0.2, -0.15) is 0 Å². The van der Waals surface area contributed by atoms with Gasteiger partial charge in [0.1, 0.15) is 4.90 Å². The highest BCUT2D eigenvalue weighted by Gasteiger charge is 2.21. The molecule has 0 radical (unpaired) electrons. The Kier molecular flexibility index (Phi) is 4.52. The van der Waals surface area contributed by atoms with E-state index in [2.05, 4.69) is 25.6 Å². The standard InChI is InChI=1S/C16H16BrN3O2S/c1-20-11-15(16-13(17)5-2-6-14(16)20)23(21,22)19-9-7-12-4-3-8-18-10-12/h2-6,8,10-11,19H,7,9H2,1H3. The minimum atomic E-state index is -3.58. The lowest BCUT2D eigenvalue weighted by Crippen LogP contribution is -2.26. The van der Waals surface area contributed by atoms with Crippen molar-refractivity contribution in [3.05, 3.63) is 59.0 Å². The van der Waals surface area contributed by atoms with E-state index in [0.717, 1.165) is 15.6 Å². The van der Waals surface area contributed by atoms with Gasteiger partial charge in [0.2, 0.25) is 10.0 Å². The number of fused-ring (bicyclic) bond motifs is 1. The maximum absolute atomic E-state index is 12.6. The molecule has 0 fully saturated rings. The highest BCUT2D eigenvalue weighted by Crippen LogP contribution is 2.31. The second kappa shape index (κ2) is 6.43. The summed E-state index contributed by atoms with van der Waals surface area (Å²) in [4.78, 5) is 4.31. The average molecular weight is 394 g/mol. The van der Waals surface area contributed by atoms with Crippen molar-refractivity contribution in [1.82, 2.24) is 14.3 Å². The first-order valence-corrected chi connectivity index (χ1v) is 9.39. The number of nitrogens with one attached hydrogen (secondary N) is 1. The summed E-state index contributed by atoms with van der Waals surface area (Å²) in [5.41, 5.74) is 1.86. The molecular formula is C16H16BrN3O2S. The van der Waals surface area contributed by atoms with E-state index in [1.54, 1.807) is 18.6 Å². The predicted octanol–water partition coefficient (Wildman–Crippen LogP) is 2.86. The van der Waals surface area contributed by atoms with Crippen LogP contribution in [0.15, 0.2) is 58.3 Å². The predicted molar refractivity (Wildman–Crippen MR) is 93.7 cm³/mol. The van der Waals surface area contributed by atoms with Crippen molar-refractivity contribution in [2.45, 2.75) is 11.3 Å². The summed E-state index contributed by atoms with van der Waals surface area (Å²) in [5.74, 6) is 0. The second-order valence-corrected chi connectivity index (χ2v) is 7.84. The van der Waals surface area contributed by atoms with Crippen LogP contribution in [0, 0.1) is 0 Å². The molecule has 7 heteroatoms. The molecular weight excluding hydrogens is 378 g/mol. The maximum atomic E-state index is 12.6. The van der Waals surface area contributed by atoms with Crippen LogP contribution in [-0.2, 0) is 23.5 Å². The van der Waals surface area contributed by atoms with E-state index in [1.807, 2.05) is 41.9 Å². The number of benzene rings is 1. The van der Waals surface area contributed by atoms with E-state index < -0.39 is 10.0 Å². The van der Waals surface area contributed by atoms with Crippen molar-refractivity contribution in [2.24, 2.45) is 7.05 Å². The maximum Gasteiger partial charge on any atom is 0.242 e. The molecule has 3 rings (SSSR count). The van der Waals surface area contributed by atoms with Gasteiger partial charge >= 0.3 is 0 Å². The van der Waals surface area contributed by atoms with Crippen molar-refractivity contribution >= 4 is 36.9 Å². The van der Waals surface area contributed by atoms with Crippen molar-refractivity contribution < 1.29 is 8.42 Å². The molecule has 0 saturated carbocycles. The van der Waals surface area contributed by atoms with Gasteiger partial charge in [0, 0.05) is 42.0 Å². The van der Waals surface area contributed by atoms with E-state index in [9.17, 15) is 8.42 Å². The summed E-state index contributed by atoms with van der Waals surface area (Å²) >= 11 is 3.44. The van der Waals surface area contributed by atoms with Crippen LogP contribution in [0.4, 0.5) is 0 Å². The van der Waals surface area contributed by atoms with E-state index in [1.165, 1.54) is 0 Å². The third kappa shape index (κ3) is 3.31. The van der Waals surface area contributed by atoms with Crippen LogP contribution in [0.2, 0.25) is 0 Å². The number of aromatic nitrogens is 2. The van der Waals surface area contributed by atoms with Gasteiger partial charge < -0.3 is 4.57 Å². The number of pyridine rings is 1.